The third kappa shape index (κ3) is 4.45. The van der Waals surface area contributed by atoms with E-state index in [2.05, 4.69) is 42.3 Å². The van der Waals surface area contributed by atoms with Gasteiger partial charge in [0.1, 0.15) is 5.75 Å². The van der Waals surface area contributed by atoms with Gasteiger partial charge in [-0.3, -0.25) is 0 Å². The van der Waals surface area contributed by atoms with E-state index in [4.69, 9.17) is 4.74 Å². The molecular formula is C18H30N2O. The Morgan fingerprint density at radius 1 is 1.24 bits per heavy atom. The van der Waals surface area contributed by atoms with Gasteiger partial charge < -0.3 is 15.0 Å². The van der Waals surface area contributed by atoms with E-state index in [1.807, 2.05) is 6.07 Å². The minimum atomic E-state index is 0.388. The number of hydrogen-bond donors (Lipinski definition) is 1. The highest BCUT2D eigenvalue weighted by molar-refractivity contribution is 5.35. The Kier molecular flexibility index (Phi) is 6.52. The summed E-state index contributed by atoms with van der Waals surface area (Å²) in [5, 5.41) is 3.87. The van der Waals surface area contributed by atoms with Gasteiger partial charge in [-0.15, -0.1) is 0 Å². The summed E-state index contributed by atoms with van der Waals surface area (Å²) in [5.74, 6) is 1.00. The Morgan fingerprint density at radius 3 is 2.76 bits per heavy atom. The molecule has 1 N–H and O–H groups in total. The SMILES string of the molecule is CCC(NC1CCCN(CC)CC1)c1ccccc1OC. The van der Waals surface area contributed by atoms with Crippen LogP contribution in [0.1, 0.15) is 51.1 Å². The fourth-order valence-corrected chi connectivity index (χ4v) is 3.31. The quantitative estimate of drug-likeness (QED) is 0.866. The summed E-state index contributed by atoms with van der Waals surface area (Å²) in [6.07, 6.45) is 4.92. The van der Waals surface area contributed by atoms with E-state index in [1.54, 1.807) is 7.11 Å². The van der Waals surface area contributed by atoms with Crippen molar-refractivity contribution in [1.29, 1.82) is 0 Å². The van der Waals surface area contributed by atoms with Crippen LogP contribution in [-0.2, 0) is 0 Å². The summed E-state index contributed by atoms with van der Waals surface area (Å²) in [6.45, 7) is 8.16. The zero-order valence-corrected chi connectivity index (χ0v) is 13.8. The zero-order valence-electron chi connectivity index (χ0n) is 13.8. The molecule has 118 valence electrons. The number of para-hydroxylation sites is 1. The molecular weight excluding hydrogens is 260 g/mol. The van der Waals surface area contributed by atoms with E-state index in [1.165, 1.54) is 44.5 Å². The van der Waals surface area contributed by atoms with E-state index in [9.17, 15) is 0 Å². The first-order valence-electron chi connectivity index (χ1n) is 8.39. The molecule has 0 saturated carbocycles. The van der Waals surface area contributed by atoms with E-state index in [-0.39, 0.29) is 0 Å². The Labute approximate surface area is 129 Å². The van der Waals surface area contributed by atoms with Gasteiger partial charge in [-0.05, 0) is 51.4 Å². The summed E-state index contributed by atoms with van der Waals surface area (Å²) in [4.78, 5) is 2.56. The summed E-state index contributed by atoms with van der Waals surface area (Å²) >= 11 is 0. The second-order valence-corrected chi connectivity index (χ2v) is 5.93. The van der Waals surface area contributed by atoms with Gasteiger partial charge in [-0.1, -0.05) is 32.0 Å². The average molecular weight is 290 g/mol. The lowest BCUT2D eigenvalue weighted by Crippen LogP contribution is -2.34. The molecule has 1 heterocycles. The number of rotatable bonds is 6. The number of nitrogens with one attached hydrogen (secondary N) is 1. The predicted octanol–water partition coefficient (Wildman–Crippen LogP) is 3.61. The Morgan fingerprint density at radius 2 is 2.05 bits per heavy atom. The van der Waals surface area contributed by atoms with Crippen LogP contribution in [-0.4, -0.2) is 37.7 Å². The van der Waals surface area contributed by atoms with Crippen LogP contribution < -0.4 is 10.1 Å². The number of likely N-dealkylation sites (tertiary alicyclic amines) is 1. The Hall–Kier alpha value is -1.06. The number of hydrogen-bond acceptors (Lipinski definition) is 3. The largest absolute Gasteiger partial charge is 0.496 e. The van der Waals surface area contributed by atoms with Crippen molar-refractivity contribution in [3.05, 3.63) is 29.8 Å². The molecule has 0 radical (unpaired) electrons. The predicted molar refractivity (Wildman–Crippen MR) is 88.9 cm³/mol. The average Bonchev–Trinajstić information content (AvgIpc) is 2.77. The molecule has 1 aromatic carbocycles. The summed E-state index contributed by atoms with van der Waals surface area (Å²) < 4.78 is 5.53. The molecule has 0 spiro atoms. The summed E-state index contributed by atoms with van der Waals surface area (Å²) in [7, 11) is 1.76. The fourth-order valence-electron chi connectivity index (χ4n) is 3.31. The number of methoxy groups -OCH3 is 1. The van der Waals surface area contributed by atoms with Crippen LogP contribution in [0.2, 0.25) is 0 Å². The molecule has 2 rings (SSSR count). The smallest absolute Gasteiger partial charge is 0.123 e. The number of ether oxygens (including phenoxy) is 1. The van der Waals surface area contributed by atoms with Crippen LogP contribution in [0.5, 0.6) is 5.75 Å². The van der Waals surface area contributed by atoms with E-state index in [0.29, 0.717) is 12.1 Å². The highest BCUT2D eigenvalue weighted by atomic mass is 16.5. The molecule has 1 aliphatic heterocycles. The fraction of sp³-hybridized carbons (Fsp3) is 0.667. The molecule has 0 amide bonds. The third-order valence-electron chi connectivity index (χ3n) is 4.63. The maximum atomic E-state index is 5.53. The van der Waals surface area contributed by atoms with Gasteiger partial charge in [0.05, 0.1) is 7.11 Å². The van der Waals surface area contributed by atoms with Crippen LogP contribution >= 0.6 is 0 Å². The third-order valence-corrected chi connectivity index (χ3v) is 4.63. The van der Waals surface area contributed by atoms with Crippen molar-refractivity contribution in [3.8, 4) is 5.75 Å². The van der Waals surface area contributed by atoms with Gasteiger partial charge in [0.25, 0.3) is 0 Å². The second-order valence-electron chi connectivity index (χ2n) is 5.93. The summed E-state index contributed by atoms with van der Waals surface area (Å²) in [6, 6.07) is 9.41. The zero-order chi connectivity index (χ0) is 15.1. The van der Waals surface area contributed by atoms with Gasteiger partial charge in [-0.2, -0.15) is 0 Å². The molecule has 0 aromatic heterocycles. The first-order chi connectivity index (χ1) is 10.3. The minimum absolute atomic E-state index is 0.388. The topological polar surface area (TPSA) is 24.5 Å². The van der Waals surface area contributed by atoms with E-state index in [0.717, 1.165) is 12.2 Å². The van der Waals surface area contributed by atoms with Crippen LogP contribution in [0.4, 0.5) is 0 Å². The van der Waals surface area contributed by atoms with E-state index >= 15 is 0 Å². The normalized spacial score (nSPS) is 21.8. The van der Waals surface area contributed by atoms with Gasteiger partial charge >= 0.3 is 0 Å². The second kappa shape index (κ2) is 8.40. The number of benzene rings is 1. The molecule has 2 unspecified atom stereocenters. The Balaban J connectivity index is 2.01. The van der Waals surface area contributed by atoms with Crippen molar-refractivity contribution in [2.24, 2.45) is 0 Å². The number of nitrogens with zero attached hydrogens (tertiary/aromatic N) is 1. The van der Waals surface area contributed by atoms with Crippen molar-refractivity contribution < 1.29 is 4.74 Å². The molecule has 0 bridgehead atoms. The van der Waals surface area contributed by atoms with Crippen molar-refractivity contribution in [2.45, 2.75) is 51.6 Å². The van der Waals surface area contributed by atoms with Crippen molar-refractivity contribution >= 4 is 0 Å². The molecule has 21 heavy (non-hydrogen) atoms. The minimum Gasteiger partial charge on any atom is -0.496 e. The van der Waals surface area contributed by atoms with Crippen LogP contribution in [0, 0.1) is 0 Å². The van der Waals surface area contributed by atoms with Gasteiger partial charge in [0.15, 0.2) is 0 Å². The molecule has 1 aromatic rings. The van der Waals surface area contributed by atoms with Crippen molar-refractivity contribution in [1.82, 2.24) is 10.2 Å². The lowest BCUT2D eigenvalue weighted by Gasteiger charge is -2.26. The lowest BCUT2D eigenvalue weighted by molar-refractivity contribution is 0.294. The van der Waals surface area contributed by atoms with Crippen LogP contribution in [0.15, 0.2) is 24.3 Å². The molecule has 0 aliphatic carbocycles. The van der Waals surface area contributed by atoms with Crippen LogP contribution in [0.3, 0.4) is 0 Å². The molecule has 1 saturated heterocycles. The molecule has 3 heteroatoms. The van der Waals surface area contributed by atoms with Crippen molar-refractivity contribution in [3.63, 3.8) is 0 Å². The van der Waals surface area contributed by atoms with Gasteiger partial charge in [0, 0.05) is 17.6 Å². The molecule has 3 nitrogen and oxygen atoms in total. The monoisotopic (exact) mass is 290 g/mol. The molecule has 2 atom stereocenters. The molecule has 1 fully saturated rings. The van der Waals surface area contributed by atoms with Gasteiger partial charge in [-0.25, -0.2) is 0 Å². The van der Waals surface area contributed by atoms with E-state index < -0.39 is 0 Å². The Bertz CT molecular complexity index is 421. The highest BCUT2D eigenvalue weighted by Gasteiger charge is 2.21. The molecule has 1 aliphatic rings. The lowest BCUT2D eigenvalue weighted by atomic mass is 10.00. The maximum Gasteiger partial charge on any atom is 0.123 e. The highest BCUT2D eigenvalue weighted by Crippen LogP contribution is 2.28. The van der Waals surface area contributed by atoms with Crippen LogP contribution in [0.25, 0.3) is 0 Å². The first kappa shape index (κ1) is 16.3. The first-order valence-corrected chi connectivity index (χ1v) is 8.39. The van der Waals surface area contributed by atoms with Gasteiger partial charge in [0.2, 0.25) is 0 Å². The summed E-state index contributed by atoms with van der Waals surface area (Å²) in [5.41, 5.74) is 1.29. The van der Waals surface area contributed by atoms with Crippen molar-refractivity contribution in [2.75, 3.05) is 26.7 Å². The standard InChI is InChI=1S/C18H30N2O/c1-4-17(16-10-6-7-11-18(16)21-3)19-15-9-8-13-20(5-2)14-12-15/h6-7,10-11,15,17,19H,4-5,8-9,12-14H2,1-3H3. The maximum absolute atomic E-state index is 5.53.